The van der Waals surface area contributed by atoms with Crippen LogP contribution in [0.25, 0.3) is 0 Å². The number of aromatic nitrogens is 1. The minimum Gasteiger partial charge on any atom is -0.748 e. The van der Waals surface area contributed by atoms with E-state index in [1.807, 2.05) is 0 Å². The van der Waals surface area contributed by atoms with Crippen LogP contribution in [0.2, 0.25) is 0 Å². The smallest absolute Gasteiger partial charge is 0.181 e. The van der Waals surface area contributed by atoms with Crippen LogP contribution in [0.15, 0.2) is 24.4 Å². The van der Waals surface area contributed by atoms with Gasteiger partial charge in [0.25, 0.3) is 0 Å². The number of hydrogen-bond acceptors (Lipinski definition) is 3. The SMILES string of the molecule is CCCCCCCCCC[n+]1ccccc1CC.CS(=O)(=O)[O-]. The fourth-order valence-corrected chi connectivity index (χ4v) is 2.47. The lowest BCUT2D eigenvalue weighted by atomic mass is 10.1. The molecule has 0 bridgehead atoms. The lowest BCUT2D eigenvalue weighted by molar-refractivity contribution is -0.704. The van der Waals surface area contributed by atoms with E-state index in [0.29, 0.717) is 6.26 Å². The average molecular weight is 344 g/mol. The lowest BCUT2D eigenvalue weighted by Crippen LogP contribution is -2.37. The molecule has 4 nitrogen and oxygen atoms in total. The summed E-state index contributed by atoms with van der Waals surface area (Å²) >= 11 is 0. The van der Waals surface area contributed by atoms with Crippen LogP contribution >= 0.6 is 0 Å². The highest BCUT2D eigenvalue weighted by atomic mass is 32.2. The summed E-state index contributed by atoms with van der Waals surface area (Å²) in [6, 6.07) is 6.53. The zero-order valence-corrected chi connectivity index (χ0v) is 15.8. The van der Waals surface area contributed by atoms with Crippen LogP contribution in [0.1, 0.15) is 70.9 Å². The molecule has 0 saturated carbocycles. The fourth-order valence-electron chi connectivity index (χ4n) is 2.47. The van der Waals surface area contributed by atoms with E-state index < -0.39 is 10.1 Å². The number of unbranched alkanes of at least 4 members (excludes halogenated alkanes) is 7. The van der Waals surface area contributed by atoms with Crippen molar-refractivity contribution in [2.75, 3.05) is 6.26 Å². The Morgan fingerprint density at radius 1 is 0.957 bits per heavy atom. The second-order valence-corrected chi connectivity index (χ2v) is 7.33. The number of rotatable bonds is 10. The first-order valence-electron chi connectivity index (χ1n) is 8.76. The molecule has 0 amide bonds. The van der Waals surface area contributed by atoms with Gasteiger partial charge in [0.2, 0.25) is 0 Å². The number of aryl methyl sites for hydroxylation is 2. The van der Waals surface area contributed by atoms with E-state index in [9.17, 15) is 0 Å². The Balaban J connectivity index is 0.000000841. The van der Waals surface area contributed by atoms with Crippen LogP contribution in [0.3, 0.4) is 0 Å². The van der Waals surface area contributed by atoms with Crippen LogP contribution in [0.4, 0.5) is 0 Å². The van der Waals surface area contributed by atoms with Gasteiger partial charge in [0, 0.05) is 31.2 Å². The van der Waals surface area contributed by atoms with E-state index in [0.717, 1.165) is 6.42 Å². The molecular formula is C18H33NO3S. The standard InChI is InChI=1S/C17H30N.CH4O3S/c1-3-5-6-7-8-9-10-12-15-18-16-13-11-14-17(18)4-2;1-5(2,3)4/h11,13-14,16H,3-10,12,15H2,1-2H3;1H3,(H,2,3,4)/q+1;/p-1. The van der Waals surface area contributed by atoms with Crippen LogP contribution in [-0.2, 0) is 23.1 Å². The summed E-state index contributed by atoms with van der Waals surface area (Å²) in [4.78, 5) is 0. The van der Waals surface area contributed by atoms with Gasteiger partial charge >= 0.3 is 0 Å². The molecule has 0 unspecified atom stereocenters. The van der Waals surface area contributed by atoms with Gasteiger partial charge in [0.1, 0.15) is 6.54 Å². The van der Waals surface area contributed by atoms with E-state index in [1.165, 1.54) is 63.6 Å². The predicted octanol–water partition coefficient (Wildman–Crippen LogP) is 3.84. The second-order valence-electron chi connectivity index (χ2n) is 5.92. The maximum absolute atomic E-state index is 9.08. The Hall–Kier alpha value is -0.940. The molecule has 0 radical (unpaired) electrons. The highest BCUT2D eigenvalue weighted by molar-refractivity contribution is 7.84. The van der Waals surface area contributed by atoms with Crippen molar-refractivity contribution in [1.29, 1.82) is 0 Å². The van der Waals surface area contributed by atoms with Gasteiger partial charge in [-0.1, -0.05) is 58.4 Å². The van der Waals surface area contributed by atoms with Crippen molar-refractivity contribution in [2.45, 2.75) is 78.2 Å². The molecule has 0 fully saturated rings. The molecule has 0 N–H and O–H groups in total. The van der Waals surface area contributed by atoms with Crippen molar-refractivity contribution in [1.82, 2.24) is 0 Å². The summed E-state index contributed by atoms with van der Waals surface area (Å²) in [5, 5.41) is 0. The van der Waals surface area contributed by atoms with Crippen LogP contribution < -0.4 is 4.57 Å². The average Bonchev–Trinajstić information content (AvgIpc) is 2.48. The van der Waals surface area contributed by atoms with Crippen molar-refractivity contribution in [2.24, 2.45) is 0 Å². The Morgan fingerprint density at radius 2 is 1.48 bits per heavy atom. The van der Waals surface area contributed by atoms with Crippen molar-refractivity contribution in [3.63, 3.8) is 0 Å². The van der Waals surface area contributed by atoms with Crippen LogP contribution in [0.5, 0.6) is 0 Å². The van der Waals surface area contributed by atoms with Gasteiger partial charge in [-0.05, 0) is 6.42 Å². The molecule has 0 atom stereocenters. The first-order valence-corrected chi connectivity index (χ1v) is 10.6. The van der Waals surface area contributed by atoms with Crippen molar-refractivity contribution in [3.05, 3.63) is 30.1 Å². The molecular weight excluding hydrogens is 310 g/mol. The molecule has 0 aliphatic rings. The molecule has 1 aromatic rings. The summed E-state index contributed by atoms with van der Waals surface area (Å²) in [6.45, 7) is 5.71. The van der Waals surface area contributed by atoms with Gasteiger partial charge < -0.3 is 4.55 Å². The lowest BCUT2D eigenvalue weighted by Gasteiger charge is -2.02. The molecule has 0 aliphatic carbocycles. The third kappa shape index (κ3) is 15.7. The summed E-state index contributed by atoms with van der Waals surface area (Å²) in [6.07, 6.45) is 15.2. The Kier molecular flexibility index (Phi) is 12.9. The molecule has 0 aromatic carbocycles. The zero-order chi connectivity index (χ0) is 17.6. The third-order valence-electron chi connectivity index (χ3n) is 3.65. The molecule has 23 heavy (non-hydrogen) atoms. The molecule has 1 rings (SSSR count). The van der Waals surface area contributed by atoms with Crippen molar-refractivity contribution in [3.8, 4) is 0 Å². The van der Waals surface area contributed by atoms with Gasteiger partial charge in [-0.25, -0.2) is 13.0 Å². The molecule has 0 spiro atoms. The monoisotopic (exact) mass is 343 g/mol. The summed E-state index contributed by atoms with van der Waals surface area (Å²) in [7, 11) is -3.92. The Bertz CT molecular complexity index is 493. The predicted molar refractivity (Wildman–Crippen MR) is 94.2 cm³/mol. The van der Waals surface area contributed by atoms with Crippen molar-refractivity contribution < 1.29 is 17.5 Å². The maximum Gasteiger partial charge on any atom is 0.181 e. The van der Waals surface area contributed by atoms with Gasteiger partial charge in [0.05, 0.1) is 10.1 Å². The molecule has 0 aliphatic heterocycles. The summed E-state index contributed by atoms with van der Waals surface area (Å²) in [5.41, 5.74) is 1.46. The molecule has 1 aromatic heterocycles. The third-order valence-corrected chi connectivity index (χ3v) is 3.65. The molecule has 134 valence electrons. The molecule has 5 heteroatoms. The highest BCUT2D eigenvalue weighted by Crippen LogP contribution is 2.08. The Morgan fingerprint density at radius 3 is 2.00 bits per heavy atom. The number of nitrogens with zero attached hydrogens (tertiary/aromatic N) is 1. The van der Waals surface area contributed by atoms with E-state index in [2.05, 4.69) is 42.8 Å². The molecule has 0 saturated heterocycles. The maximum atomic E-state index is 9.08. The first kappa shape index (κ1) is 22.1. The van der Waals surface area contributed by atoms with Gasteiger partial charge in [0.15, 0.2) is 11.9 Å². The topological polar surface area (TPSA) is 61.1 Å². The summed E-state index contributed by atoms with van der Waals surface area (Å²) < 4.78 is 29.6. The fraction of sp³-hybridized carbons (Fsp3) is 0.722. The molecule has 1 heterocycles. The minimum absolute atomic E-state index is 0.604. The van der Waals surface area contributed by atoms with Crippen LogP contribution in [0, 0.1) is 0 Å². The van der Waals surface area contributed by atoms with Crippen molar-refractivity contribution >= 4 is 10.1 Å². The van der Waals surface area contributed by atoms with Crippen LogP contribution in [-0.4, -0.2) is 19.2 Å². The minimum atomic E-state index is -3.92. The summed E-state index contributed by atoms with van der Waals surface area (Å²) in [5.74, 6) is 0. The van der Waals surface area contributed by atoms with Gasteiger partial charge in [-0.15, -0.1) is 0 Å². The second kappa shape index (κ2) is 13.5. The highest BCUT2D eigenvalue weighted by Gasteiger charge is 2.05. The number of pyridine rings is 1. The van der Waals surface area contributed by atoms with E-state index >= 15 is 0 Å². The quantitative estimate of drug-likeness (QED) is 0.368. The van der Waals surface area contributed by atoms with E-state index in [1.54, 1.807) is 0 Å². The van der Waals surface area contributed by atoms with Gasteiger partial charge in [-0.2, -0.15) is 0 Å². The number of hydrogen-bond donors (Lipinski definition) is 0. The van der Waals surface area contributed by atoms with E-state index in [4.69, 9.17) is 13.0 Å². The normalized spacial score (nSPS) is 11.0. The Labute approximate surface area is 142 Å². The zero-order valence-electron chi connectivity index (χ0n) is 15.0. The largest absolute Gasteiger partial charge is 0.748 e. The van der Waals surface area contributed by atoms with Gasteiger partial charge in [-0.3, -0.25) is 0 Å². The first-order chi connectivity index (χ1) is 10.9. The van der Waals surface area contributed by atoms with E-state index in [-0.39, 0.29) is 0 Å².